The Morgan fingerprint density at radius 2 is 0.700 bits per heavy atom. The van der Waals surface area contributed by atoms with Crippen LogP contribution < -0.4 is 0 Å². The molecule has 3 aliphatic carbocycles. The Kier molecular flexibility index (Phi) is 5.43. The predicted molar refractivity (Wildman–Crippen MR) is 89.8 cm³/mol. The first-order valence-corrected chi connectivity index (χ1v) is 11.4. The first-order valence-electron chi connectivity index (χ1n) is 9.42. The monoisotopic (exact) mass is 297 g/mol. The Morgan fingerprint density at radius 3 is 0.950 bits per heavy atom. The maximum atomic E-state index is 12.0. The van der Waals surface area contributed by atoms with Gasteiger partial charge >= 0.3 is 0 Å². The molecule has 116 valence electrons. The molecule has 0 aromatic rings. The second-order valence-corrected chi connectivity index (χ2v) is 11.4. The Bertz CT molecular complexity index is 240. The summed E-state index contributed by atoms with van der Waals surface area (Å²) in [5, 5.41) is 0. The molecule has 0 unspecified atom stereocenters. The lowest BCUT2D eigenvalue weighted by Crippen LogP contribution is -2.35. The zero-order chi connectivity index (χ0) is 13.8. The molecule has 3 aliphatic rings. The van der Waals surface area contributed by atoms with Crippen molar-refractivity contribution < 1.29 is 4.89 Å². The fourth-order valence-corrected chi connectivity index (χ4v) is 10.7. The van der Waals surface area contributed by atoms with Crippen molar-refractivity contribution in [3.05, 3.63) is 0 Å². The molecule has 0 aliphatic heterocycles. The van der Waals surface area contributed by atoms with Gasteiger partial charge in [-0.15, -0.1) is 0 Å². The van der Waals surface area contributed by atoms with Crippen LogP contribution >= 0.6 is 7.49 Å². The second kappa shape index (κ2) is 7.10. The molecular weight excluding hydrogens is 263 g/mol. The van der Waals surface area contributed by atoms with Gasteiger partial charge in [-0.05, 0) is 77.0 Å². The van der Waals surface area contributed by atoms with Gasteiger partial charge < -0.3 is 0 Å². The summed E-state index contributed by atoms with van der Waals surface area (Å²) in [5.41, 5.74) is 2.22. The minimum Gasteiger partial charge on any atom is -0.251 e. The van der Waals surface area contributed by atoms with Crippen LogP contribution in [0.4, 0.5) is 0 Å². The van der Waals surface area contributed by atoms with Gasteiger partial charge in [0.1, 0.15) is 0 Å². The van der Waals surface area contributed by atoms with Crippen molar-refractivity contribution in [1.82, 2.24) is 0 Å². The topological polar surface area (TPSA) is 20.2 Å². The molecular formula is C18H34OP+. The van der Waals surface area contributed by atoms with E-state index < -0.39 is 7.49 Å². The second-order valence-electron chi connectivity index (χ2n) is 7.67. The summed E-state index contributed by atoms with van der Waals surface area (Å²) in [4.78, 5) is 12.0. The molecule has 0 heterocycles. The molecule has 20 heavy (non-hydrogen) atoms. The van der Waals surface area contributed by atoms with Crippen molar-refractivity contribution in [3.8, 4) is 0 Å². The maximum absolute atomic E-state index is 12.0. The predicted octanol–water partition coefficient (Wildman–Crippen LogP) is 5.91. The van der Waals surface area contributed by atoms with Crippen molar-refractivity contribution in [2.45, 2.75) is 113 Å². The van der Waals surface area contributed by atoms with E-state index in [2.05, 4.69) is 0 Å². The highest BCUT2D eigenvalue weighted by Gasteiger charge is 2.56. The minimum absolute atomic E-state index is 0.738. The van der Waals surface area contributed by atoms with Crippen LogP contribution in [0.25, 0.3) is 0 Å². The summed E-state index contributed by atoms with van der Waals surface area (Å²) in [5.74, 6) is 0. The van der Waals surface area contributed by atoms with E-state index in [4.69, 9.17) is 0 Å². The van der Waals surface area contributed by atoms with Gasteiger partial charge in [0.15, 0.2) is 7.49 Å². The molecule has 3 rings (SSSR count). The first kappa shape index (κ1) is 15.3. The fourth-order valence-electron chi connectivity index (χ4n) is 5.38. The Morgan fingerprint density at radius 1 is 0.450 bits per heavy atom. The third-order valence-electron chi connectivity index (χ3n) is 6.48. The highest BCUT2D eigenvalue weighted by molar-refractivity contribution is 7.72. The lowest BCUT2D eigenvalue weighted by atomic mass is 9.99. The molecule has 0 spiro atoms. The molecule has 0 aromatic carbocycles. The standard InChI is InChI=1S/C18H34OP/c19-20(16-10-4-1-5-11-16,17-12-6-2-7-13-17)18-14-8-3-9-15-18/h16-19H,1-15H2/q+1. The van der Waals surface area contributed by atoms with E-state index in [0.29, 0.717) is 0 Å². The summed E-state index contributed by atoms with van der Waals surface area (Å²) >= 11 is 0. The third-order valence-corrected chi connectivity index (χ3v) is 11.5. The van der Waals surface area contributed by atoms with E-state index in [1.165, 1.54) is 96.3 Å². The molecule has 3 saturated carbocycles. The first-order chi connectivity index (χ1) is 9.82. The third kappa shape index (κ3) is 3.09. The van der Waals surface area contributed by atoms with E-state index in [9.17, 15) is 4.89 Å². The fraction of sp³-hybridized carbons (Fsp3) is 1.00. The highest BCUT2D eigenvalue weighted by Crippen LogP contribution is 2.74. The average molecular weight is 297 g/mol. The van der Waals surface area contributed by atoms with Crippen LogP contribution in [-0.4, -0.2) is 21.9 Å². The molecule has 0 atom stereocenters. The zero-order valence-electron chi connectivity index (χ0n) is 13.2. The van der Waals surface area contributed by atoms with Crippen LogP contribution in [0.3, 0.4) is 0 Å². The van der Waals surface area contributed by atoms with Gasteiger partial charge in [0.25, 0.3) is 0 Å². The summed E-state index contributed by atoms with van der Waals surface area (Å²) in [6.45, 7) is 0. The van der Waals surface area contributed by atoms with Gasteiger partial charge in [-0.3, -0.25) is 4.89 Å². The quantitative estimate of drug-likeness (QED) is 0.642. The summed E-state index contributed by atoms with van der Waals surface area (Å²) < 4.78 is 0. The van der Waals surface area contributed by atoms with Crippen LogP contribution in [0.2, 0.25) is 0 Å². The summed E-state index contributed by atoms with van der Waals surface area (Å²) in [7, 11) is -1.70. The smallest absolute Gasteiger partial charge is 0.150 e. The van der Waals surface area contributed by atoms with E-state index in [1.54, 1.807) is 0 Å². The number of hydrogen-bond acceptors (Lipinski definition) is 1. The number of hydrogen-bond donors (Lipinski definition) is 1. The van der Waals surface area contributed by atoms with Crippen molar-refractivity contribution in [1.29, 1.82) is 0 Å². The molecule has 1 nitrogen and oxygen atoms in total. The van der Waals surface area contributed by atoms with Gasteiger partial charge in [0, 0.05) is 0 Å². The normalized spacial score (nSPS) is 28.6. The molecule has 0 radical (unpaired) electrons. The molecule has 2 heteroatoms. The van der Waals surface area contributed by atoms with Gasteiger partial charge in [-0.1, -0.05) is 19.3 Å². The summed E-state index contributed by atoms with van der Waals surface area (Å²) in [6.07, 6.45) is 20.8. The van der Waals surface area contributed by atoms with Crippen molar-refractivity contribution in [3.63, 3.8) is 0 Å². The van der Waals surface area contributed by atoms with E-state index >= 15 is 0 Å². The average Bonchev–Trinajstić information content (AvgIpc) is 2.56. The van der Waals surface area contributed by atoms with Crippen molar-refractivity contribution in [2.75, 3.05) is 0 Å². The molecule has 3 fully saturated rings. The zero-order valence-corrected chi connectivity index (χ0v) is 14.1. The largest absolute Gasteiger partial charge is 0.251 e. The Balaban J connectivity index is 1.79. The van der Waals surface area contributed by atoms with Gasteiger partial charge in [-0.2, -0.15) is 0 Å². The Hall–Kier alpha value is 0.390. The van der Waals surface area contributed by atoms with E-state index in [1.807, 2.05) is 0 Å². The highest BCUT2D eigenvalue weighted by atomic mass is 31.2. The van der Waals surface area contributed by atoms with Crippen LogP contribution in [-0.2, 0) is 0 Å². The van der Waals surface area contributed by atoms with E-state index in [-0.39, 0.29) is 0 Å². The van der Waals surface area contributed by atoms with Gasteiger partial charge in [0.2, 0.25) is 0 Å². The molecule has 0 aromatic heterocycles. The van der Waals surface area contributed by atoms with Gasteiger partial charge in [0.05, 0.1) is 17.0 Å². The summed E-state index contributed by atoms with van der Waals surface area (Å²) in [6, 6.07) is 0. The van der Waals surface area contributed by atoms with Crippen molar-refractivity contribution in [2.24, 2.45) is 0 Å². The molecule has 0 bridgehead atoms. The van der Waals surface area contributed by atoms with Crippen LogP contribution in [0.5, 0.6) is 0 Å². The molecule has 0 amide bonds. The molecule has 0 saturated heterocycles. The van der Waals surface area contributed by atoms with Crippen LogP contribution in [0.1, 0.15) is 96.3 Å². The lowest BCUT2D eigenvalue weighted by Gasteiger charge is -2.44. The lowest BCUT2D eigenvalue weighted by molar-refractivity contribution is 0.399. The Labute approximate surface area is 126 Å². The van der Waals surface area contributed by atoms with Crippen LogP contribution in [0, 0.1) is 0 Å². The maximum Gasteiger partial charge on any atom is 0.150 e. The van der Waals surface area contributed by atoms with Crippen LogP contribution in [0.15, 0.2) is 0 Å². The minimum atomic E-state index is -1.70. The van der Waals surface area contributed by atoms with Gasteiger partial charge in [-0.25, -0.2) is 0 Å². The van der Waals surface area contributed by atoms with Crippen molar-refractivity contribution >= 4 is 7.49 Å². The van der Waals surface area contributed by atoms with E-state index in [0.717, 1.165) is 17.0 Å². The number of rotatable bonds is 3. The molecule has 1 N–H and O–H groups in total. The SMILES string of the molecule is O[P+](C1CCCCC1)(C1CCCCC1)C1CCCCC1.